The highest BCUT2D eigenvalue weighted by Crippen LogP contribution is 2.39. The van der Waals surface area contributed by atoms with Crippen LogP contribution in [0.4, 0.5) is 11.4 Å². The number of allylic oxidation sites excluding steroid dienone is 3. The molecule has 0 aromatic heterocycles. The zero-order chi connectivity index (χ0) is 25.7. The van der Waals surface area contributed by atoms with E-state index in [0.29, 0.717) is 28.1 Å². The highest BCUT2D eigenvalue weighted by molar-refractivity contribution is 6.28. The molecule has 2 aliphatic carbocycles. The summed E-state index contributed by atoms with van der Waals surface area (Å²) in [6.45, 7) is 12.4. The van der Waals surface area contributed by atoms with Crippen LogP contribution in [-0.2, 0) is 4.79 Å². The molecule has 0 saturated carbocycles. The first-order valence-corrected chi connectivity index (χ1v) is 12.2. The number of Topliss-reactive ketones (excluding diaryl/α,β-unsaturated/α-hetero) is 1. The number of carbonyl (C=O) groups excluding carboxylic acids is 2. The molecule has 0 unspecified atom stereocenters. The summed E-state index contributed by atoms with van der Waals surface area (Å²) in [5.41, 5.74) is 12.0. The van der Waals surface area contributed by atoms with Crippen LogP contribution in [0.1, 0.15) is 49.3 Å². The summed E-state index contributed by atoms with van der Waals surface area (Å²) in [5, 5.41) is 7.09. The molecule has 0 radical (unpaired) electrons. The van der Waals surface area contributed by atoms with Gasteiger partial charge in [0.05, 0.1) is 17.0 Å². The van der Waals surface area contributed by atoms with E-state index in [9.17, 15) is 9.59 Å². The van der Waals surface area contributed by atoms with Crippen molar-refractivity contribution in [1.29, 1.82) is 0 Å². The van der Waals surface area contributed by atoms with Gasteiger partial charge in [-0.25, -0.2) is 0 Å². The fourth-order valence-electron chi connectivity index (χ4n) is 5.41. The number of carbonyl (C=O) groups is 2. The predicted octanol–water partition coefficient (Wildman–Crippen LogP) is 7.06. The summed E-state index contributed by atoms with van der Waals surface area (Å²) in [5.74, 6) is -0.327. The largest absolute Gasteiger partial charge is 0.353 e. The molecule has 3 aromatic carbocycles. The molecule has 0 bridgehead atoms. The summed E-state index contributed by atoms with van der Waals surface area (Å²) in [7, 11) is 0. The van der Waals surface area contributed by atoms with E-state index in [1.165, 1.54) is 11.1 Å². The Kier molecular flexibility index (Phi) is 5.76. The van der Waals surface area contributed by atoms with E-state index in [4.69, 9.17) is 0 Å². The number of hydrogen-bond donors (Lipinski definition) is 2. The third kappa shape index (κ3) is 3.99. The van der Waals surface area contributed by atoms with Crippen molar-refractivity contribution in [3.63, 3.8) is 0 Å². The molecule has 36 heavy (non-hydrogen) atoms. The van der Waals surface area contributed by atoms with Crippen LogP contribution >= 0.6 is 0 Å². The number of fused-ring (bicyclic) bond motifs is 2. The Morgan fingerprint density at radius 3 is 1.75 bits per heavy atom. The van der Waals surface area contributed by atoms with Crippen molar-refractivity contribution in [3.05, 3.63) is 122 Å². The Morgan fingerprint density at radius 2 is 1.17 bits per heavy atom. The lowest BCUT2D eigenvalue weighted by Gasteiger charge is -2.29. The molecule has 0 spiro atoms. The van der Waals surface area contributed by atoms with E-state index in [1.807, 2.05) is 30.3 Å². The molecule has 3 aromatic rings. The Bertz CT molecular complexity index is 1520. The van der Waals surface area contributed by atoms with Crippen LogP contribution in [0, 0.1) is 41.5 Å². The quantitative estimate of drug-likeness (QED) is 0.425. The SMILES string of the molecule is Cc1cc(C)c(NC2=CC(=O)C3=Cc4ccccc4C(=O)C3=C2Nc2c(C)cc(C)cc2C)c(C)c1. The number of anilines is 2. The highest BCUT2D eigenvalue weighted by atomic mass is 16.1. The van der Waals surface area contributed by atoms with E-state index in [1.54, 1.807) is 6.08 Å². The Balaban J connectivity index is 1.72. The lowest BCUT2D eigenvalue weighted by atomic mass is 9.80. The van der Waals surface area contributed by atoms with E-state index >= 15 is 0 Å². The van der Waals surface area contributed by atoms with E-state index in [-0.39, 0.29) is 11.6 Å². The van der Waals surface area contributed by atoms with Gasteiger partial charge < -0.3 is 10.6 Å². The van der Waals surface area contributed by atoms with Gasteiger partial charge in [0, 0.05) is 28.6 Å². The molecule has 5 rings (SSSR count). The van der Waals surface area contributed by atoms with Crippen molar-refractivity contribution in [2.75, 3.05) is 10.6 Å². The zero-order valence-electron chi connectivity index (χ0n) is 21.6. The minimum Gasteiger partial charge on any atom is -0.353 e. The molecule has 0 atom stereocenters. The van der Waals surface area contributed by atoms with Gasteiger partial charge in [0.15, 0.2) is 11.6 Å². The van der Waals surface area contributed by atoms with Gasteiger partial charge in [0.2, 0.25) is 0 Å². The van der Waals surface area contributed by atoms with Gasteiger partial charge in [-0.2, -0.15) is 0 Å². The van der Waals surface area contributed by atoms with Crippen LogP contribution in [0.25, 0.3) is 6.08 Å². The Labute approximate surface area is 212 Å². The molecule has 0 heterocycles. The first-order chi connectivity index (χ1) is 17.1. The Morgan fingerprint density at radius 1 is 0.639 bits per heavy atom. The predicted molar refractivity (Wildman–Crippen MR) is 147 cm³/mol. The van der Waals surface area contributed by atoms with Gasteiger partial charge in [-0.1, -0.05) is 59.7 Å². The van der Waals surface area contributed by atoms with Gasteiger partial charge in [0.1, 0.15) is 0 Å². The fraction of sp³-hybridized carbons (Fsp3) is 0.188. The lowest BCUT2D eigenvalue weighted by Crippen LogP contribution is -2.28. The Hall–Kier alpha value is -4.18. The molecule has 0 saturated heterocycles. The van der Waals surface area contributed by atoms with Crippen molar-refractivity contribution in [3.8, 4) is 0 Å². The van der Waals surface area contributed by atoms with Gasteiger partial charge >= 0.3 is 0 Å². The number of rotatable bonds is 4. The number of benzene rings is 3. The number of ketones is 2. The first kappa shape index (κ1) is 23.6. The minimum absolute atomic E-state index is 0.147. The second-order valence-corrected chi connectivity index (χ2v) is 9.94. The second kappa shape index (κ2) is 8.80. The van der Waals surface area contributed by atoms with Crippen molar-refractivity contribution >= 4 is 29.0 Å². The van der Waals surface area contributed by atoms with E-state index in [0.717, 1.165) is 39.2 Å². The summed E-state index contributed by atoms with van der Waals surface area (Å²) in [4.78, 5) is 27.2. The average Bonchev–Trinajstić information content (AvgIpc) is 2.80. The second-order valence-electron chi connectivity index (χ2n) is 9.94. The molecule has 2 aliphatic rings. The molecule has 0 fully saturated rings. The van der Waals surface area contributed by atoms with Gasteiger partial charge in [0.25, 0.3) is 0 Å². The van der Waals surface area contributed by atoms with Crippen molar-refractivity contribution in [2.24, 2.45) is 0 Å². The third-order valence-electron chi connectivity index (χ3n) is 6.93. The molecular formula is C32H30N2O2. The van der Waals surface area contributed by atoms with Crippen LogP contribution in [0.3, 0.4) is 0 Å². The first-order valence-electron chi connectivity index (χ1n) is 12.2. The van der Waals surface area contributed by atoms with Crippen LogP contribution < -0.4 is 10.6 Å². The number of hydrogen-bond acceptors (Lipinski definition) is 4. The summed E-state index contributed by atoms with van der Waals surface area (Å²) >= 11 is 0. The normalized spacial score (nSPS) is 14.7. The third-order valence-corrected chi connectivity index (χ3v) is 6.93. The summed E-state index contributed by atoms with van der Waals surface area (Å²) in [6, 6.07) is 15.9. The van der Waals surface area contributed by atoms with E-state index < -0.39 is 0 Å². The van der Waals surface area contributed by atoms with E-state index in [2.05, 4.69) is 76.4 Å². The topological polar surface area (TPSA) is 58.2 Å². The molecule has 4 heteroatoms. The maximum absolute atomic E-state index is 13.9. The molecule has 0 amide bonds. The van der Waals surface area contributed by atoms with Crippen LogP contribution in [0.2, 0.25) is 0 Å². The molecular weight excluding hydrogens is 444 g/mol. The van der Waals surface area contributed by atoms with Crippen LogP contribution in [0.15, 0.2) is 77.1 Å². The van der Waals surface area contributed by atoms with Gasteiger partial charge in [-0.15, -0.1) is 0 Å². The maximum atomic E-state index is 13.9. The van der Waals surface area contributed by atoms with Crippen molar-refractivity contribution < 1.29 is 9.59 Å². The van der Waals surface area contributed by atoms with Gasteiger partial charge in [-0.3, -0.25) is 9.59 Å². The summed E-state index contributed by atoms with van der Waals surface area (Å²) in [6.07, 6.45) is 3.44. The van der Waals surface area contributed by atoms with Gasteiger partial charge in [-0.05, 0) is 75.4 Å². The fourth-order valence-corrected chi connectivity index (χ4v) is 5.41. The summed E-state index contributed by atoms with van der Waals surface area (Å²) < 4.78 is 0. The monoisotopic (exact) mass is 474 g/mol. The molecule has 180 valence electrons. The van der Waals surface area contributed by atoms with Crippen LogP contribution in [0.5, 0.6) is 0 Å². The molecule has 4 nitrogen and oxygen atoms in total. The molecule has 0 aliphatic heterocycles. The minimum atomic E-state index is -0.180. The van der Waals surface area contributed by atoms with Crippen molar-refractivity contribution in [2.45, 2.75) is 41.5 Å². The average molecular weight is 475 g/mol. The zero-order valence-corrected chi connectivity index (χ0v) is 21.6. The smallest absolute Gasteiger partial charge is 0.196 e. The number of aryl methyl sites for hydroxylation is 6. The van der Waals surface area contributed by atoms with Crippen LogP contribution in [-0.4, -0.2) is 11.6 Å². The number of nitrogens with one attached hydrogen (secondary N) is 2. The van der Waals surface area contributed by atoms with Crippen molar-refractivity contribution in [1.82, 2.24) is 0 Å². The standard InChI is InChI=1S/C32H30N2O2/c1-17-11-19(3)29(20(4)12-17)33-26-16-27(35)25-15-23-9-7-8-10-24(23)32(36)28(25)31(26)34-30-21(5)13-18(2)14-22(30)6/h7-16,33-34H,1-6H3. The maximum Gasteiger partial charge on any atom is 0.196 e. The molecule has 2 N–H and O–H groups in total. The highest BCUT2D eigenvalue weighted by Gasteiger charge is 2.35. The lowest BCUT2D eigenvalue weighted by molar-refractivity contribution is -0.111.